The predicted octanol–water partition coefficient (Wildman–Crippen LogP) is 3.20. The molecule has 2 nitrogen and oxygen atoms in total. The van der Waals surface area contributed by atoms with Gasteiger partial charge in [-0.1, -0.05) is 49.1 Å². The van der Waals surface area contributed by atoms with Crippen molar-refractivity contribution in [2.45, 2.75) is 38.6 Å². The predicted molar refractivity (Wildman–Crippen MR) is 70.9 cm³/mol. The molecule has 94 valence electrons. The lowest BCUT2D eigenvalue weighted by atomic mass is 9.83. The average Bonchev–Trinajstić information content (AvgIpc) is 2.27. The van der Waals surface area contributed by atoms with Crippen LogP contribution in [0.4, 0.5) is 0 Å². The van der Waals surface area contributed by atoms with Crippen LogP contribution in [0.3, 0.4) is 0 Å². The zero-order chi connectivity index (χ0) is 12.1. The molecule has 0 amide bonds. The number of hydrogen-bond donors (Lipinski definition) is 1. The molecule has 1 aromatic rings. The van der Waals surface area contributed by atoms with Gasteiger partial charge in [-0.15, -0.1) is 0 Å². The summed E-state index contributed by atoms with van der Waals surface area (Å²) in [5.41, 5.74) is 8.52. The first-order valence-electron chi connectivity index (χ1n) is 6.65. The molecule has 1 unspecified atom stereocenters. The zero-order valence-corrected chi connectivity index (χ0v) is 10.7. The molecule has 1 aliphatic rings. The summed E-state index contributed by atoms with van der Waals surface area (Å²) < 4.78 is 5.66. The molecule has 1 aliphatic carbocycles. The third-order valence-electron chi connectivity index (χ3n) is 3.70. The van der Waals surface area contributed by atoms with Crippen molar-refractivity contribution in [3.63, 3.8) is 0 Å². The first-order valence-corrected chi connectivity index (χ1v) is 6.65. The normalized spacial score (nSPS) is 17.8. The van der Waals surface area contributed by atoms with E-state index in [0.717, 1.165) is 12.5 Å². The van der Waals surface area contributed by atoms with Crippen LogP contribution < -0.4 is 5.73 Å². The lowest BCUT2D eigenvalue weighted by Gasteiger charge is -2.25. The van der Waals surface area contributed by atoms with E-state index in [9.17, 15) is 0 Å². The van der Waals surface area contributed by atoms with Gasteiger partial charge in [-0.25, -0.2) is 0 Å². The van der Waals surface area contributed by atoms with Crippen molar-refractivity contribution >= 4 is 0 Å². The van der Waals surface area contributed by atoms with E-state index in [1.807, 2.05) is 0 Å². The van der Waals surface area contributed by atoms with E-state index in [1.165, 1.54) is 36.8 Å². The van der Waals surface area contributed by atoms with Gasteiger partial charge < -0.3 is 10.5 Å². The number of benzene rings is 1. The quantitative estimate of drug-likeness (QED) is 0.766. The Labute approximate surface area is 104 Å². The molecule has 0 bridgehead atoms. The molecule has 0 heterocycles. The molecule has 1 atom stereocenters. The fraction of sp³-hybridized carbons (Fsp3) is 0.600. The van der Waals surface area contributed by atoms with Gasteiger partial charge in [0.1, 0.15) is 0 Å². The van der Waals surface area contributed by atoms with E-state index in [-0.39, 0.29) is 6.04 Å². The molecule has 1 fully saturated rings. The Morgan fingerprint density at radius 2 is 2.00 bits per heavy atom. The van der Waals surface area contributed by atoms with Crippen LogP contribution >= 0.6 is 0 Å². The molecular weight excluding hydrogens is 210 g/mol. The van der Waals surface area contributed by atoms with Gasteiger partial charge in [0.2, 0.25) is 0 Å². The van der Waals surface area contributed by atoms with Crippen LogP contribution in [0.2, 0.25) is 0 Å². The van der Waals surface area contributed by atoms with Crippen LogP contribution in [0.5, 0.6) is 0 Å². The van der Waals surface area contributed by atoms with Crippen molar-refractivity contribution in [3.8, 4) is 0 Å². The monoisotopic (exact) mass is 233 g/mol. The fourth-order valence-electron chi connectivity index (χ4n) is 2.15. The minimum absolute atomic E-state index is 0.0111. The smallest absolute Gasteiger partial charge is 0.0659 e. The molecule has 2 heteroatoms. The number of ether oxygens (including phenoxy) is 1. The van der Waals surface area contributed by atoms with Gasteiger partial charge in [0, 0.05) is 6.61 Å². The topological polar surface area (TPSA) is 35.2 Å². The van der Waals surface area contributed by atoms with Gasteiger partial charge in [-0.05, 0) is 24.8 Å². The standard InChI is InChI=1S/C15H23NO/c1-12-5-7-14(8-6-12)15(16)11-17-10-9-13-3-2-4-13/h5-8,13,15H,2-4,9-11,16H2,1H3. The highest BCUT2D eigenvalue weighted by Gasteiger charge is 2.16. The molecule has 0 spiro atoms. The Morgan fingerprint density at radius 3 is 2.59 bits per heavy atom. The molecule has 17 heavy (non-hydrogen) atoms. The van der Waals surface area contributed by atoms with Crippen molar-refractivity contribution in [3.05, 3.63) is 35.4 Å². The molecule has 0 aromatic heterocycles. The Balaban J connectivity index is 1.65. The van der Waals surface area contributed by atoms with Crippen LogP contribution in [-0.2, 0) is 4.74 Å². The number of hydrogen-bond acceptors (Lipinski definition) is 2. The third-order valence-corrected chi connectivity index (χ3v) is 3.70. The summed E-state index contributed by atoms with van der Waals surface area (Å²) in [6.45, 7) is 3.59. The minimum Gasteiger partial charge on any atom is -0.379 e. The van der Waals surface area contributed by atoms with Gasteiger partial charge in [0.05, 0.1) is 12.6 Å². The second kappa shape index (κ2) is 6.18. The van der Waals surface area contributed by atoms with Crippen molar-refractivity contribution in [2.75, 3.05) is 13.2 Å². The summed E-state index contributed by atoms with van der Waals surface area (Å²) in [5.74, 6) is 0.922. The average molecular weight is 233 g/mol. The second-order valence-corrected chi connectivity index (χ2v) is 5.18. The zero-order valence-electron chi connectivity index (χ0n) is 10.7. The first kappa shape index (κ1) is 12.6. The molecule has 0 aliphatic heterocycles. The van der Waals surface area contributed by atoms with Crippen LogP contribution in [0, 0.1) is 12.8 Å². The summed E-state index contributed by atoms with van der Waals surface area (Å²) in [5, 5.41) is 0. The molecule has 1 saturated carbocycles. The van der Waals surface area contributed by atoms with Crippen molar-refractivity contribution in [1.82, 2.24) is 0 Å². The maximum absolute atomic E-state index is 6.08. The van der Waals surface area contributed by atoms with Crippen molar-refractivity contribution in [2.24, 2.45) is 11.7 Å². The van der Waals surface area contributed by atoms with Crippen molar-refractivity contribution in [1.29, 1.82) is 0 Å². The summed E-state index contributed by atoms with van der Waals surface area (Å²) in [6.07, 6.45) is 5.41. The molecule has 0 saturated heterocycles. The van der Waals surface area contributed by atoms with Gasteiger partial charge in [0.15, 0.2) is 0 Å². The lowest BCUT2D eigenvalue weighted by Crippen LogP contribution is -2.19. The highest BCUT2D eigenvalue weighted by molar-refractivity contribution is 5.23. The summed E-state index contributed by atoms with van der Waals surface area (Å²) >= 11 is 0. The van der Waals surface area contributed by atoms with E-state index in [0.29, 0.717) is 6.61 Å². The highest BCUT2D eigenvalue weighted by Crippen LogP contribution is 2.29. The minimum atomic E-state index is 0.0111. The number of aryl methyl sites for hydroxylation is 1. The Hall–Kier alpha value is -0.860. The van der Waals surface area contributed by atoms with Crippen molar-refractivity contribution < 1.29 is 4.74 Å². The molecule has 2 rings (SSSR count). The van der Waals surface area contributed by atoms with E-state index in [4.69, 9.17) is 10.5 Å². The highest BCUT2D eigenvalue weighted by atomic mass is 16.5. The van der Waals surface area contributed by atoms with E-state index < -0.39 is 0 Å². The SMILES string of the molecule is Cc1ccc(C(N)COCCC2CCC2)cc1. The molecular formula is C15H23NO. The van der Waals surface area contributed by atoms with Crippen LogP contribution in [0.1, 0.15) is 42.9 Å². The summed E-state index contributed by atoms with van der Waals surface area (Å²) in [7, 11) is 0. The Morgan fingerprint density at radius 1 is 1.29 bits per heavy atom. The fourth-order valence-corrected chi connectivity index (χ4v) is 2.15. The summed E-state index contributed by atoms with van der Waals surface area (Å²) in [4.78, 5) is 0. The third kappa shape index (κ3) is 3.83. The first-order chi connectivity index (χ1) is 8.25. The second-order valence-electron chi connectivity index (χ2n) is 5.18. The molecule has 2 N–H and O–H groups in total. The largest absolute Gasteiger partial charge is 0.379 e. The van der Waals surface area contributed by atoms with Gasteiger partial charge >= 0.3 is 0 Å². The van der Waals surface area contributed by atoms with E-state index in [2.05, 4.69) is 31.2 Å². The lowest BCUT2D eigenvalue weighted by molar-refractivity contribution is 0.0962. The van der Waals surface area contributed by atoms with E-state index >= 15 is 0 Å². The van der Waals surface area contributed by atoms with E-state index in [1.54, 1.807) is 0 Å². The number of rotatable bonds is 6. The van der Waals surface area contributed by atoms with Gasteiger partial charge in [0.25, 0.3) is 0 Å². The Kier molecular flexibility index (Phi) is 4.57. The van der Waals surface area contributed by atoms with Gasteiger partial charge in [-0.2, -0.15) is 0 Å². The molecule has 0 radical (unpaired) electrons. The Bertz CT molecular complexity index is 329. The molecule has 1 aromatic carbocycles. The van der Waals surface area contributed by atoms with Crippen LogP contribution in [0.25, 0.3) is 0 Å². The van der Waals surface area contributed by atoms with Crippen LogP contribution in [-0.4, -0.2) is 13.2 Å². The van der Waals surface area contributed by atoms with Crippen LogP contribution in [0.15, 0.2) is 24.3 Å². The summed E-state index contributed by atoms with van der Waals surface area (Å²) in [6, 6.07) is 8.40. The number of nitrogens with two attached hydrogens (primary N) is 1. The maximum Gasteiger partial charge on any atom is 0.0659 e. The maximum atomic E-state index is 6.08. The van der Waals surface area contributed by atoms with Gasteiger partial charge in [-0.3, -0.25) is 0 Å².